The topological polar surface area (TPSA) is 101 Å². The zero-order valence-electron chi connectivity index (χ0n) is 16.9. The number of sulfonamides is 1. The van der Waals surface area contributed by atoms with E-state index in [-0.39, 0.29) is 16.6 Å². The molecule has 1 heterocycles. The van der Waals surface area contributed by atoms with Crippen LogP contribution in [0.5, 0.6) is 0 Å². The van der Waals surface area contributed by atoms with Crippen LogP contribution in [-0.4, -0.2) is 19.3 Å². The Labute approximate surface area is 196 Å². The maximum absolute atomic E-state index is 14.3. The van der Waals surface area contributed by atoms with Gasteiger partial charge in [-0.05, 0) is 30.3 Å². The molecule has 0 spiro atoms. The molecule has 3 aromatic carbocycles. The summed E-state index contributed by atoms with van der Waals surface area (Å²) in [6.07, 6.45) is 1.34. The molecule has 0 saturated carbocycles. The zero-order chi connectivity index (χ0) is 24.5. The summed E-state index contributed by atoms with van der Waals surface area (Å²) in [6.45, 7) is 0. The number of carbonyl (C=O) groups excluding carboxylic acids is 1. The lowest BCUT2D eigenvalue weighted by Gasteiger charge is -2.12. The summed E-state index contributed by atoms with van der Waals surface area (Å²) in [5, 5.41) is 2.04. The Hall–Kier alpha value is -3.83. The molecule has 0 fully saturated rings. The Balaban J connectivity index is 1.58. The summed E-state index contributed by atoms with van der Waals surface area (Å²) in [7, 11) is -4.80. The average molecular weight is 508 g/mol. The number of nitrogens with zero attached hydrogens (tertiary/aromatic N) is 1. The van der Waals surface area contributed by atoms with E-state index in [1.165, 1.54) is 6.20 Å². The number of halogens is 4. The first-order valence-electron chi connectivity index (χ1n) is 9.43. The number of nitrogens with one attached hydrogen (secondary N) is 2. The maximum atomic E-state index is 14.3. The van der Waals surface area contributed by atoms with Gasteiger partial charge in [0, 0.05) is 16.3 Å². The van der Waals surface area contributed by atoms with Crippen molar-refractivity contribution in [3.05, 3.63) is 95.2 Å². The van der Waals surface area contributed by atoms with Crippen LogP contribution >= 0.6 is 11.6 Å². The van der Waals surface area contributed by atoms with Gasteiger partial charge in [0.05, 0.1) is 6.20 Å². The van der Waals surface area contributed by atoms with Crippen LogP contribution in [0, 0.1) is 17.5 Å². The van der Waals surface area contributed by atoms with E-state index in [9.17, 15) is 26.4 Å². The Morgan fingerprint density at radius 3 is 2.29 bits per heavy atom. The molecule has 0 unspecified atom stereocenters. The van der Waals surface area contributed by atoms with Gasteiger partial charge in [0.1, 0.15) is 16.4 Å². The van der Waals surface area contributed by atoms with Gasteiger partial charge in [0.2, 0.25) is 0 Å². The second-order valence-corrected chi connectivity index (χ2v) is 8.93. The molecule has 0 atom stereocenters. The van der Waals surface area contributed by atoms with E-state index >= 15 is 0 Å². The number of aromatic nitrogens is 1. The fourth-order valence-electron chi connectivity index (χ4n) is 2.92. The standard InChI is InChI=1S/C22H13ClF3N3O4S/c23-13-8-16(25)20(17(26)9-13)29-34(31,32)19-10-14(6-7-15(19)24)28-21(30)22-27-11-18(33-22)12-4-2-1-3-5-12/h1-11,29H,(H,28,30). The van der Waals surface area contributed by atoms with Crippen molar-refractivity contribution in [1.82, 2.24) is 4.98 Å². The van der Waals surface area contributed by atoms with Crippen molar-refractivity contribution in [2.45, 2.75) is 4.90 Å². The number of oxazole rings is 1. The summed E-state index contributed by atoms with van der Waals surface area (Å²) in [4.78, 5) is 15.4. The molecule has 4 aromatic rings. The van der Waals surface area contributed by atoms with Crippen molar-refractivity contribution in [3.63, 3.8) is 0 Å². The summed E-state index contributed by atoms with van der Waals surface area (Å²) in [6, 6.07) is 12.9. The Morgan fingerprint density at radius 2 is 1.62 bits per heavy atom. The quantitative estimate of drug-likeness (QED) is 0.360. The Kier molecular flexibility index (Phi) is 6.31. The van der Waals surface area contributed by atoms with Crippen LogP contribution in [0.25, 0.3) is 11.3 Å². The first-order chi connectivity index (χ1) is 16.1. The third-order valence-electron chi connectivity index (χ3n) is 4.48. The second kappa shape index (κ2) is 9.20. The fraction of sp³-hybridized carbons (Fsp3) is 0. The van der Waals surface area contributed by atoms with Crippen molar-refractivity contribution >= 4 is 38.9 Å². The van der Waals surface area contributed by atoms with E-state index < -0.39 is 44.0 Å². The monoisotopic (exact) mass is 507 g/mol. The summed E-state index contributed by atoms with van der Waals surface area (Å²) < 4.78 is 74.6. The van der Waals surface area contributed by atoms with Crippen molar-refractivity contribution in [2.75, 3.05) is 10.0 Å². The molecule has 2 N–H and O–H groups in total. The Morgan fingerprint density at radius 1 is 0.941 bits per heavy atom. The van der Waals surface area contributed by atoms with Crippen molar-refractivity contribution in [1.29, 1.82) is 0 Å². The van der Waals surface area contributed by atoms with Gasteiger partial charge in [-0.3, -0.25) is 9.52 Å². The molecule has 4 rings (SSSR count). The molecule has 7 nitrogen and oxygen atoms in total. The van der Waals surface area contributed by atoms with Gasteiger partial charge in [-0.1, -0.05) is 41.9 Å². The lowest BCUT2D eigenvalue weighted by Crippen LogP contribution is -2.18. The number of hydrogen-bond donors (Lipinski definition) is 2. The highest BCUT2D eigenvalue weighted by atomic mass is 35.5. The molecule has 0 bridgehead atoms. The lowest BCUT2D eigenvalue weighted by molar-refractivity contribution is 0.0991. The first-order valence-corrected chi connectivity index (χ1v) is 11.3. The van der Waals surface area contributed by atoms with Gasteiger partial charge in [0.15, 0.2) is 17.4 Å². The number of benzene rings is 3. The highest BCUT2D eigenvalue weighted by Gasteiger charge is 2.24. The molecule has 1 amide bonds. The van der Waals surface area contributed by atoms with Crippen LogP contribution in [0.4, 0.5) is 24.5 Å². The molecular weight excluding hydrogens is 495 g/mol. The molecule has 12 heteroatoms. The van der Waals surface area contributed by atoms with Gasteiger partial charge in [-0.2, -0.15) is 0 Å². The molecule has 0 aliphatic rings. The smallest absolute Gasteiger partial charge is 0.311 e. The fourth-order valence-corrected chi connectivity index (χ4v) is 4.29. The average Bonchev–Trinajstić information content (AvgIpc) is 3.29. The van der Waals surface area contributed by atoms with Crippen molar-refractivity contribution in [3.8, 4) is 11.3 Å². The third-order valence-corrected chi connectivity index (χ3v) is 6.06. The normalized spacial score (nSPS) is 11.3. The van der Waals surface area contributed by atoms with Crippen LogP contribution in [-0.2, 0) is 10.0 Å². The van der Waals surface area contributed by atoms with E-state index in [0.717, 1.165) is 18.2 Å². The van der Waals surface area contributed by atoms with E-state index in [2.05, 4.69) is 10.3 Å². The largest absolute Gasteiger partial charge is 0.432 e. The molecule has 0 saturated heterocycles. The molecular formula is C22H13ClF3N3O4S. The highest BCUT2D eigenvalue weighted by molar-refractivity contribution is 7.92. The molecule has 174 valence electrons. The van der Waals surface area contributed by atoms with Gasteiger partial charge in [0.25, 0.3) is 15.9 Å². The predicted molar refractivity (Wildman–Crippen MR) is 118 cm³/mol. The number of hydrogen-bond acceptors (Lipinski definition) is 5. The molecule has 1 aromatic heterocycles. The number of anilines is 2. The summed E-state index contributed by atoms with van der Waals surface area (Å²) in [5.74, 6) is -4.64. The summed E-state index contributed by atoms with van der Waals surface area (Å²) >= 11 is 5.52. The predicted octanol–water partition coefficient (Wildman–Crippen LogP) is 5.47. The minimum Gasteiger partial charge on any atom is -0.432 e. The molecule has 34 heavy (non-hydrogen) atoms. The van der Waals surface area contributed by atoms with Crippen molar-refractivity contribution < 1.29 is 30.8 Å². The van der Waals surface area contributed by atoms with Crippen molar-refractivity contribution in [2.24, 2.45) is 0 Å². The highest BCUT2D eigenvalue weighted by Crippen LogP contribution is 2.28. The lowest BCUT2D eigenvalue weighted by atomic mass is 10.2. The number of rotatable bonds is 6. The third kappa shape index (κ3) is 4.90. The van der Waals surface area contributed by atoms with Gasteiger partial charge in [-0.25, -0.2) is 26.6 Å². The van der Waals surface area contributed by atoms with E-state index in [1.54, 1.807) is 35.1 Å². The van der Waals surface area contributed by atoms with Crippen LogP contribution in [0.3, 0.4) is 0 Å². The van der Waals surface area contributed by atoms with Gasteiger partial charge in [-0.15, -0.1) is 0 Å². The van der Waals surface area contributed by atoms with Crippen LogP contribution < -0.4 is 10.0 Å². The van der Waals surface area contributed by atoms with E-state index in [4.69, 9.17) is 16.0 Å². The van der Waals surface area contributed by atoms with E-state index in [1.807, 2.05) is 0 Å². The number of carbonyl (C=O) groups is 1. The Bertz CT molecular complexity index is 1470. The zero-order valence-corrected chi connectivity index (χ0v) is 18.4. The number of amides is 1. The minimum absolute atomic E-state index is 0.136. The van der Waals surface area contributed by atoms with Gasteiger partial charge >= 0.3 is 5.91 Å². The van der Waals surface area contributed by atoms with Gasteiger partial charge < -0.3 is 9.73 Å². The van der Waals surface area contributed by atoms with Crippen LogP contribution in [0.15, 0.2) is 76.2 Å². The summed E-state index contributed by atoms with van der Waals surface area (Å²) in [5.41, 5.74) is -0.494. The van der Waals surface area contributed by atoms with Crippen LogP contribution in [0.2, 0.25) is 5.02 Å². The maximum Gasteiger partial charge on any atom is 0.311 e. The molecule has 0 aliphatic carbocycles. The first kappa shape index (κ1) is 23.3. The SMILES string of the molecule is O=C(Nc1ccc(F)c(S(=O)(=O)Nc2c(F)cc(Cl)cc2F)c1)c1ncc(-c2ccccc2)o1. The van der Waals surface area contributed by atoms with Crippen LogP contribution in [0.1, 0.15) is 10.7 Å². The molecule has 0 aliphatic heterocycles. The molecule has 0 radical (unpaired) electrons. The minimum atomic E-state index is -4.80. The second-order valence-electron chi connectivity index (χ2n) is 6.84. The van der Waals surface area contributed by atoms with E-state index in [0.29, 0.717) is 23.5 Å².